The molecule has 0 atom stereocenters. The maximum atomic E-state index is 11.4. The van der Waals surface area contributed by atoms with Crippen LogP contribution in [0.4, 0.5) is 5.69 Å². The molecule has 5 heteroatoms. The van der Waals surface area contributed by atoms with E-state index in [9.17, 15) is 4.79 Å². The minimum Gasteiger partial charge on any atom is -0.461 e. The quantitative estimate of drug-likeness (QED) is 0.623. The molecule has 2 rings (SSSR count). The molecular formula is C12H13N3O2. The van der Waals surface area contributed by atoms with Crippen LogP contribution < -0.4 is 5.73 Å². The number of ether oxygens (including phenoxy) is 1. The highest BCUT2D eigenvalue weighted by Crippen LogP contribution is 2.19. The summed E-state index contributed by atoms with van der Waals surface area (Å²) in [5, 5.41) is 6.70. The van der Waals surface area contributed by atoms with Crippen molar-refractivity contribution in [2.45, 2.75) is 6.92 Å². The molecule has 0 unspecified atom stereocenters. The van der Waals surface area contributed by atoms with Crippen molar-refractivity contribution in [1.82, 2.24) is 10.2 Å². The monoisotopic (exact) mass is 231 g/mol. The lowest BCUT2D eigenvalue weighted by Gasteiger charge is -1.97. The highest BCUT2D eigenvalue weighted by molar-refractivity contribution is 5.88. The van der Waals surface area contributed by atoms with E-state index in [1.807, 2.05) is 12.1 Å². The van der Waals surface area contributed by atoms with Crippen LogP contribution >= 0.6 is 0 Å². The molecule has 0 saturated carbocycles. The third-order valence-electron chi connectivity index (χ3n) is 2.28. The molecule has 0 saturated heterocycles. The summed E-state index contributed by atoms with van der Waals surface area (Å²) >= 11 is 0. The number of nitrogens with two attached hydrogens (primary N) is 1. The lowest BCUT2D eigenvalue weighted by atomic mass is 10.1. The number of nitrogens with one attached hydrogen (secondary N) is 1. The molecule has 0 aliphatic heterocycles. The topological polar surface area (TPSA) is 81.0 Å². The van der Waals surface area contributed by atoms with Gasteiger partial charge in [0.25, 0.3) is 0 Å². The molecule has 88 valence electrons. The molecule has 3 N–H and O–H groups in total. The summed E-state index contributed by atoms with van der Waals surface area (Å²) in [6.45, 7) is 2.10. The first kappa shape index (κ1) is 11.2. The smallest absolute Gasteiger partial charge is 0.356 e. The van der Waals surface area contributed by atoms with Crippen molar-refractivity contribution in [1.29, 1.82) is 0 Å². The van der Waals surface area contributed by atoms with Crippen molar-refractivity contribution in [3.8, 4) is 11.3 Å². The molecule has 0 fully saturated rings. The lowest BCUT2D eigenvalue weighted by Crippen LogP contribution is -2.04. The molecule has 0 amide bonds. The summed E-state index contributed by atoms with van der Waals surface area (Å²) in [6.07, 6.45) is 0. The summed E-state index contributed by atoms with van der Waals surface area (Å²) in [7, 11) is 0. The highest BCUT2D eigenvalue weighted by atomic mass is 16.5. The molecule has 1 heterocycles. The van der Waals surface area contributed by atoms with Crippen LogP contribution in [0.5, 0.6) is 0 Å². The number of nitrogens with zero attached hydrogens (tertiary/aromatic N) is 1. The molecule has 0 spiro atoms. The number of carbonyl (C=O) groups excluding carboxylic acids is 1. The highest BCUT2D eigenvalue weighted by Gasteiger charge is 2.11. The number of H-pyrrole nitrogens is 1. The van der Waals surface area contributed by atoms with E-state index in [-0.39, 0.29) is 0 Å². The first-order chi connectivity index (χ1) is 8.20. The normalized spacial score (nSPS) is 10.2. The van der Waals surface area contributed by atoms with E-state index in [0.29, 0.717) is 23.7 Å². The Kier molecular flexibility index (Phi) is 3.09. The number of aromatic amines is 1. The number of nitrogen functional groups attached to an aromatic ring is 1. The zero-order chi connectivity index (χ0) is 12.3. The largest absolute Gasteiger partial charge is 0.461 e. The second-order valence-corrected chi connectivity index (χ2v) is 3.51. The van der Waals surface area contributed by atoms with Crippen LogP contribution in [0.2, 0.25) is 0 Å². The zero-order valence-electron chi connectivity index (χ0n) is 9.43. The number of hydrogen-bond acceptors (Lipinski definition) is 4. The summed E-state index contributed by atoms with van der Waals surface area (Å²) in [5.74, 6) is -0.401. The zero-order valence-corrected chi connectivity index (χ0v) is 9.43. The maximum Gasteiger partial charge on any atom is 0.356 e. The Balaban J connectivity index is 2.23. The van der Waals surface area contributed by atoms with E-state index in [4.69, 9.17) is 10.5 Å². The van der Waals surface area contributed by atoms with Gasteiger partial charge in [0.05, 0.1) is 12.3 Å². The number of hydrogen-bond donors (Lipinski definition) is 2. The number of anilines is 1. The third-order valence-corrected chi connectivity index (χ3v) is 2.28. The van der Waals surface area contributed by atoms with Gasteiger partial charge < -0.3 is 10.5 Å². The van der Waals surface area contributed by atoms with Gasteiger partial charge in [-0.25, -0.2) is 4.79 Å². The van der Waals surface area contributed by atoms with Crippen LogP contribution in [0, 0.1) is 0 Å². The summed E-state index contributed by atoms with van der Waals surface area (Å²) in [4.78, 5) is 11.4. The molecule has 0 bridgehead atoms. The van der Waals surface area contributed by atoms with Crippen molar-refractivity contribution in [2.24, 2.45) is 0 Å². The fourth-order valence-electron chi connectivity index (χ4n) is 1.44. The molecule has 0 aliphatic carbocycles. The minimum atomic E-state index is -0.401. The lowest BCUT2D eigenvalue weighted by molar-refractivity contribution is 0.0519. The van der Waals surface area contributed by atoms with Crippen LogP contribution in [0.3, 0.4) is 0 Å². The van der Waals surface area contributed by atoms with Crippen molar-refractivity contribution in [3.63, 3.8) is 0 Å². The van der Waals surface area contributed by atoms with Gasteiger partial charge in [0, 0.05) is 11.3 Å². The number of rotatable bonds is 3. The Morgan fingerprint density at radius 2 is 2.12 bits per heavy atom. The van der Waals surface area contributed by atoms with Crippen molar-refractivity contribution in [2.75, 3.05) is 12.3 Å². The average Bonchev–Trinajstić information content (AvgIpc) is 2.80. The van der Waals surface area contributed by atoms with Crippen LogP contribution in [0.1, 0.15) is 17.4 Å². The molecule has 1 aromatic carbocycles. The standard InChI is InChI=1S/C12H13N3O2/c1-2-17-12(16)11-7-10(14-15-11)8-3-5-9(13)6-4-8/h3-7H,2,13H2,1H3,(H,14,15). The van der Waals surface area contributed by atoms with Gasteiger partial charge in [-0.15, -0.1) is 0 Å². The van der Waals surface area contributed by atoms with Gasteiger partial charge in [-0.1, -0.05) is 12.1 Å². The predicted octanol–water partition coefficient (Wildman–Crippen LogP) is 1.84. The Morgan fingerprint density at radius 3 is 2.76 bits per heavy atom. The van der Waals surface area contributed by atoms with E-state index in [1.54, 1.807) is 25.1 Å². The van der Waals surface area contributed by atoms with E-state index in [0.717, 1.165) is 5.56 Å². The van der Waals surface area contributed by atoms with Gasteiger partial charge in [0.2, 0.25) is 0 Å². The predicted molar refractivity (Wildman–Crippen MR) is 64.4 cm³/mol. The Labute approximate surface area is 98.6 Å². The van der Waals surface area contributed by atoms with Crippen LogP contribution in [0.15, 0.2) is 30.3 Å². The first-order valence-electron chi connectivity index (χ1n) is 5.29. The van der Waals surface area contributed by atoms with Crippen molar-refractivity contribution in [3.05, 3.63) is 36.0 Å². The van der Waals surface area contributed by atoms with Crippen LogP contribution in [-0.2, 0) is 4.74 Å². The Hall–Kier alpha value is -2.30. The fourth-order valence-corrected chi connectivity index (χ4v) is 1.44. The second kappa shape index (κ2) is 4.69. The van der Waals surface area contributed by atoms with Gasteiger partial charge in [-0.2, -0.15) is 5.10 Å². The van der Waals surface area contributed by atoms with Crippen molar-refractivity contribution < 1.29 is 9.53 Å². The Morgan fingerprint density at radius 1 is 1.41 bits per heavy atom. The van der Waals surface area contributed by atoms with E-state index < -0.39 is 5.97 Å². The first-order valence-corrected chi connectivity index (χ1v) is 5.29. The molecule has 17 heavy (non-hydrogen) atoms. The summed E-state index contributed by atoms with van der Waals surface area (Å²) in [6, 6.07) is 8.92. The molecule has 0 aliphatic rings. The SMILES string of the molecule is CCOC(=O)c1cc(-c2ccc(N)cc2)n[nH]1. The van der Waals surface area contributed by atoms with Crippen molar-refractivity contribution >= 4 is 11.7 Å². The Bertz CT molecular complexity index is 517. The minimum absolute atomic E-state index is 0.342. The van der Waals surface area contributed by atoms with Gasteiger partial charge in [0.1, 0.15) is 5.69 Å². The molecule has 1 aromatic heterocycles. The summed E-state index contributed by atoms with van der Waals surface area (Å²) in [5.41, 5.74) is 8.21. The second-order valence-electron chi connectivity index (χ2n) is 3.51. The fraction of sp³-hybridized carbons (Fsp3) is 0.167. The number of esters is 1. The average molecular weight is 231 g/mol. The number of aromatic nitrogens is 2. The van der Waals surface area contributed by atoms with E-state index >= 15 is 0 Å². The van der Waals surface area contributed by atoms with Gasteiger partial charge in [0.15, 0.2) is 0 Å². The maximum absolute atomic E-state index is 11.4. The molecule has 5 nitrogen and oxygen atoms in total. The molecule has 2 aromatic rings. The molecule has 0 radical (unpaired) electrons. The van der Waals surface area contributed by atoms with Gasteiger partial charge in [-0.3, -0.25) is 5.10 Å². The number of carbonyl (C=O) groups is 1. The third kappa shape index (κ3) is 2.44. The van der Waals surface area contributed by atoms with Crippen LogP contribution in [-0.4, -0.2) is 22.8 Å². The van der Waals surface area contributed by atoms with Gasteiger partial charge >= 0.3 is 5.97 Å². The number of benzene rings is 1. The van der Waals surface area contributed by atoms with E-state index in [1.165, 1.54) is 0 Å². The molecular weight excluding hydrogens is 218 g/mol. The van der Waals surface area contributed by atoms with Crippen LogP contribution in [0.25, 0.3) is 11.3 Å². The van der Waals surface area contributed by atoms with Gasteiger partial charge in [-0.05, 0) is 25.1 Å². The summed E-state index contributed by atoms with van der Waals surface area (Å²) < 4.78 is 4.87. The van der Waals surface area contributed by atoms with E-state index in [2.05, 4.69) is 10.2 Å².